The van der Waals surface area contributed by atoms with Gasteiger partial charge in [-0.2, -0.15) is 0 Å². The molecule has 0 bridgehead atoms. The van der Waals surface area contributed by atoms with Crippen molar-refractivity contribution in [3.63, 3.8) is 0 Å². The number of hydrogen-bond donors (Lipinski definition) is 0. The van der Waals surface area contributed by atoms with E-state index in [1.54, 1.807) is 0 Å². The van der Waals surface area contributed by atoms with Crippen LogP contribution in [0.25, 0.3) is 0 Å². The van der Waals surface area contributed by atoms with Crippen LogP contribution in [0.5, 0.6) is 0 Å². The lowest BCUT2D eigenvalue weighted by Gasteiger charge is -2.63. The fraction of sp³-hybridized carbons (Fsp3) is 0.783. The van der Waals surface area contributed by atoms with E-state index in [2.05, 4.69) is 20.8 Å². The van der Waals surface area contributed by atoms with Gasteiger partial charge >= 0.3 is 5.97 Å². The molecule has 2 heterocycles. The zero-order valence-electron chi connectivity index (χ0n) is 18.3. The molecule has 0 radical (unpaired) electrons. The van der Waals surface area contributed by atoms with Crippen molar-refractivity contribution in [3.05, 3.63) is 11.5 Å². The van der Waals surface area contributed by atoms with E-state index < -0.39 is 17.1 Å². The summed E-state index contributed by atoms with van der Waals surface area (Å²) in [4.78, 5) is 37.9. The summed E-state index contributed by atoms with van der Waals surface area (Å²) >= 11 is 0. The molecule has 0 aromatic carbocycles. The van der Waals surface area contributed by atoms with E-state index in [1.807, 2.05) is 13.8 Å². The quantitative estimate of drug-likeness (QED) is 0.620. The third-order valence-corrected chi connectivity index (χ3v) is 8.22. The summed E-state index contributed by atoms with van der Waals surface area (Å²) in [5, 5.41) is 0. The summed E-state index contributed by atoms with van der Waals surface area (Å²) in [6, 6.07) is 0. The molecular formula is C23H32O6. The summed E-state index contributed by atoms with van der Waals surface area (Å²) in [5.41, 5.74) is -0.942. The van der Waals surface area contributed by atoms with Gasteiger partial charge in [0.1, 0.15) is 23.6 Å². The van der Waals surface area contributed by atoms with E-state index in [9.17, 15) is 14.4 Å². The Labute approximate surface area is 172 Å². The number of rotatable bonds is 1. The highest BCUT2D eigenvalue weighted by molar-refractivity contribution is 5.97. The minimum Gasteiger partial charge on any atom is -0.462 e. The van der Waals surface area contributed by atoms with Crippen molar-refractivity contribution in [1.82, 2.24) is 0 Å². The summed E-state index contributed by atoms with van der Waals surface area (Å²) in [6.45, 7) is 11.6. The highest BCUT2D eigenvalue weighted by Gasteiger charge is 2.67. The second kappa shape index (κ2) is 6.32. The van der Waals surface area contributed by atoms with Crippen LogP contribution in [0, 0.1) is 22.7 Å². The molecule has 0 amide bonds. The fourth-order valence-electron chi connectivity index (χ4n) is 6.63. The third-order valence-electron chi connectivity index (χ3n) is 8.22. The molecule has 2 fully saturated rings. The van der Waals surface area contributed by atoms with Crippen LogP contribution in [-0.2, 0) is 28.6 Å². The van der Waals surface area contributed by atoms with Crippen LogP contribution >= 0.6 is 0 Å². The molecule has 0 N–H and O–H groups in total. The Balaban J connectivity index is 1.74. The summed E-state index contributed by atoms with van der Waals surface area (Å²) in [7, 11) is 0. The number of ketones is 2. The molecule has 4 rings (SSSR count). The smallest absolute Gasteiger partial charge is 0.302 e. The van der Waals surface area contributed by atoms with Crippen LogP contribution in [0.1, 0.15) is 73.6 Å². The maximum atomic E-state index is 13.5. The molecule has 6 nitrogen and oxygen atoms in total. The van der Waals surface area contributed by atoms with Crippen LogP contribution in [0.15, 0.2) is 11.5 Å². The lowest BCUT2D eigenvalue weighted by molar-refractivity contribution is -0.224. The molecule has 2 saturated carbocycles. The molecule has 2 aliphatic carbocycles. The number of carbonyl (C=O) groups is 3. The maximum Gasteiger partial charge on any atom is 0.302 e. The van der Waals surface area contributed by atoms with Crippen LogP contribution in [0.3, 0.4) is 0 Å². The molecular weight excluding hydrogens is 372 g/mol. The third kappa shape index (κ3) is 2.85. The number of allylic oxidation sites excluding steroid dienone is 1. The Hall–Kier alpha value is -1.85. The fourth-order valence-corrected chi connectivity index (χ4v) is 6.63. The van der Waals surface area contributed by atoms with E-state index in [0.717, 1.165) is 12.8 Å². The van der Waals surface area contributed by atoms with Crippen molar-refractivity contribution in [3.8, 4) is 0 Å². The van der Waals surface area contributed by atoms with Gasteiger partial charge in [0.25, 0.3) is 5.95 Å². The van der Waals surface area contributed by atoms with Crippen molar-refractivity contribution in [1.29, 1.82) is 0 Å². The first-order valence-electron chi connectivity index (χ1n) is 10.7. The second-order valence-electron chi connectivity index (χ2n) is 10.4. The van der Waals surface area contributed by atoms with Crippen molar-refractivity contribution >= 4 is 17.5 Å². The highest BCUT2D eigenvalue weighted by Crippen LogP contribution is 2.64. The zero-order chi connectivity index (χ0) is 21.4. The minimum atomic E-state index is -0.644. The molecule has 29 heavy (non-hydrogen) atoms. The number of carbonyl (C=O) groups excluding carboxylic acids is 3. The lowest BCUT2D eigenvalue weighted by Crippen LogP contribution is -2.66. The number of esters is 1. The standard InChI is InChI=1S/C23H32O6/c1-12-9-15(25)14-10-17-22(5,29-20(14)27-12)8-7-16-21(3,4)19(28-13(2)24)11-18(26)23(16,17)6/h12,16-17,19H,7-11H2,1-6H3/t12-,16+,17+,19+,22-,23-/m0/s1. The molecule has 0 spiro atoms. The number of fused-ring (bicyclic) bond motifs is 3. The van der Waals surface area contributed by atoms with Crippen molar-refractivity contribution in [2.45, 2.75) is 91.5 Å². The van der Waals surface area contributed by atoms with E-state index in [4.69, 9.17) is 14.2 Å². The van der Waals surface area contributed by atoms with Crippen molar-refractivity contribution in [2.75, 3.05) is 0 Å². The summed E-state index contributed by atoms with van der Waals surface area (Å²) in [6.07, 6.45) is 2.02. The van der Waals surface area contributed by atoms with Gasteiger partial charge in [-0.3, -0.25) is 14.4 Å². The zero-order valence-corrected chi connectivity index (χ0v) is 18.3. The van der Waals surface area contributed by atoms with Gasteiger partial charge in [0.2, 0.25) is 0 Å². The monoisotopic (exact) mass is 404 g/mol. The van der Waals surface area contributed by atoms with Crippen molar-refractivity contribution in [2.24, 2.45) is 22.7 Å². The topological polar surface area (TPSA) is 78.9 Å². The number of hydrogen-bond acceptors (Lipinski definition) is 6. The van der Waals surface area contributed by atoms with Gasteiger partial charge in [-0.1, -0.05) is 20.8 Å². The Morgan fingerprint density at radius 3 is 2.41 bits per heavy atom. The SMILES string of the molecule is CC(=O)O[C@@H]1CC(=O)[C@@]2(C)[C@H](CC[C@]3(C)OC4=C(C[C@@H]23)C(=O)C[C@H](C)O4)C1(C)C. The Morgan fingerprint density at radius 2 is 1.76 bits per heavy atom. The van der Waals surface area contributed by atoms with Gasteiger partial charge in [0, 0.05) is 36.5 Å². The predicted octanol–water partition coefficient (Wildman–Crippen LogP) is 3.72. The van der Waals surface area contributed by atoms with Gasteiger partial charge in [0.05, 0.1) is 5.57 Å². The van der Waals surface area contributed by atoms with E-state index in [0.29, 0.717) is 24.4 Å². The van der Waals surface area contributed by atoms with Gasteiger partial charge in [0.15, 0.2) is 5.78 Å². The van der Waals surface area contributed by atoms with E-state index in [-0.39, 0.29) is 47.3 Å². The molecule has 160 valence electrons. The first-order valence-corrected chi connectivity index (χ1v) is 10.7. The molecule has 2 aliphatic heterocycles. The molecule has 0 aromatic rings. The maximum absolute atomic E-state index is 13.5. The predicted molar refractivity (Wildman–Crippen MR) is 105 cm³/mol. The minimum absolute atomic E-state index is 0.0444. The summed E-state index contributed by atoms with van der Waals surface area (Å²) in [5.74, 6) is 0.118. The average molecular weight is 405 g/mol. The van der Waals surface area contributed by atoms with Crippen LogP contribution in [0.4, 0.5) is 0 Å². The van der Waals surface area contributed by atoms with Gasteiger partial charge in [-0.25, -0.2) is 0 Å². The molecule has 0 saturated heterocycles. The first-order chi connectivity index (χ1) is 13.4. The second-order valence-corrected chi connectivity index (χ2v) is 10.4. The number of ether oxygens (including phenoxy) is 3. The molecule has 6 atom stereocenters. The van der Waals surface area contributed by atoms with Gasteiger partial charge in [-0.05, 0) is 39.0 Å². The molecule has 0 aromatic heterocycles. The van der Waals surface area contributed by atoms with Crippen LogP contribution < -0.4 is 0 Å². The van der Waals surface area contributed by atoms with Gasteiger partial charge < -0.3 is 14.2 Å². The molecule has 6 heteroatoms. The van der Waals surface area contributed by atoms with E-state index >= 15 is 0 Å². The average Bonchev–Trinajstić information content (AvgIpc) is 2.57. The Bertz CT molecular complexity index is 810. The highest BCUT2D eigenvalue weighted by atomic mass is 16.7. The Kier molecular flexibility index (Phi) is 4.45. The van der Waals surface area contributed by atoms with Crippen LogP contribution in [0.2, 0.25) is 0 Å². The normalized spacial score (nSPS) is 43.4. The van der Waals surface area contributed by atoms with Crippen molar-refractivity contribution < 1.29 is 28.6 Å². The number of Topliss-reactive ketones (excluding diaryl/α,β-unsaturated/α-hetero) is 2. The molecule has 4 aliphatic rings. The van der Waals surface area contributed by atoms with Crippen LogP contribution in [-0.4, -0.2) is 35.3 Å². The Morgan fingerprint density at radius 1 is 1.07 bits per heavy atom. The van der Waals surface area contributed by atoms with Gasteiger partial charge in [-0.15, -0.1) is 0 Å². The largest absolute Gasteiger partial charge is 0.462 e. The first kappa shape index (κ1) is 20.4. The summed E-state index contributed by atoms with van der Waals surface area (Å²) < 4.78 is 17.8. The van der Waals surface area contributed by atoms with E-state index in [1.165, 1.54) is 6.92 Å². The molecule has 0 unspecified atom stereocenters. The lowest BCUT2D eigenvalue weighted by atomic mass is 9.43.